The first-order valence-corrected chi connectivity index (χ1v) is 5.88. The maximum Gasteiger partial charge on any atom is 0.306 e. The number of hydrogen-bond acceptors (Lipinski definition) is 3. The van der Waals surface area contributed by atoms with Crippen molar-refractivity contribution >= 4 is 11.4 Å². The van der Waals surface area contributed by atoms with Gasteiger partial charge in [-0.25, -0.2) is 0 Å². The number of halogens is 1. The zero-order chi connectivity index (χ0) is 13.7. The van der Waals surface area contributed by atoms with Gasteiger partial charge in [0.2, 0.25) is 5.82 Å². The van der Waals surface area contributed by atoms with Crippen LogP contribution in [0.1, 0.15) is 5.56 Å². The normalized spacial score (nSPS) is 10.2. The molecule has 98 valence electrons. The quantitative estimate of drug-likeness (QED) is 0.662. The fourth-order valence-electron chi connectivity index (χ4n) is 1.76. The summed E-state index contributed by atoms with van der Waals surface area (Å²) in [5, 5.41) is 13.7. The van der Waals surface area contributed by atoms with Crippen LogP contribution in [0.25, 0.3) is 0 Å². The third-order valence-corrected chi connectivity index (χ3v) is 2.73. The van der Waals surface area contributed by atoms with Crippen molar-refractivity contribution in [3.05, 3.63) is 70.0 Å². The summed E-state index contributed by atoms with van der Waals surface area (Å²) >= 11 is 0. The largest absolute Gasteiger partial charge is 0.385 e. The Bertz CT molecular complexity index is 573. The SMILES string of the molecule is O=[N+]([O-])c1cc(NCCc2ccccc2)ccc1F. The lowest BCUT2D eigenvalue weighted by atomic mass is 10.1. The summed E-state index contributed by atoms with van der Waals surface area (Å²) in [6, 6.07) is 13.7. The Morgan fingerprint density at radius 3 is 2.58 bits per heavy atom. The molecule has 4 nitrogen and oxygen atoms in total. The first kappa shape index (κ1) is 13.0. The molecule has 5 heteroatoms. The third kappa shape index (κ3) is 3.51. The van der Waals surface area contributed by atoms with Crippen LogP contribution in [0.5, 0.6) is 0 Å². The van der Waals surface area contributed by atoms with Gasteiger partial charge in [-0.2, -0.15) is 4.39 Å². The second-order valence-electron chi connectivity index (χ2n) is 4.09. The molecule has 0 spiro atoms. The van der Waals surface area contributed by atoms with Gasteiger partial charge in [-0.1, -0.05) is 30.3 Å². The van der Waals surface area contributed by atoms with Crippen molar-refractivity contribution in [1.82, 2.24) is 0 Å². The third-order valence-electron chi connectivity index (χ3n) is 2.73. The van der Waals surface area contributed by atoms with Gasteiger partial charge in [-0.3, -0.25) is 10.1 Å². The van der Waals surface area contributed by atoms with Gasteiger partial charge in [-0.05, 0) is 24.1 Å². The van der Waals surface area contributed by atoms with E-state index < -0.39 is 16.4 Å². The average molecular weight is 260 g/mol. The molecule has 0 heterocycles. The van der Waals surface area contributed by atoms with Crippen LogP contribution in [0.3, 0.4) is 0 Å². The van der Waals surface area contributed by atoms with E-state index in [1.165, 1.54) is 17.7 Å². The number of anilines is 1. The molecule has 2 rings (SSSR count). The van der Waals surface area contributed by atoms with Crippen LogP contribution in [0.4, 0.5) is 15.8 Å². The van der Waals surface area contributed by atoms with Crippen LogP contribution >= 0.6 is 0 Å². The van der Waals surface area contributed by atoms with Gasteiger partial charge in [0.1, 0.15) is 0 Å². The van der Waals surface area contributed by atoms with Crippen LogP contribution in [-0.2, 0) is 6.42 Å². The van der Waals surface area contributed by atoms with Gasteiger partial charge < -0.3 is 5.32 Å². The second-order valence-corrected chi connectivity index (χ2v) is 4.09. The highest BCUT2D eigenvalue weighted by atomic mass is 19.1. The van der Waals surface area contributed by atoms with E-state index in [2.05, 4.69) is 5.32 Å². The zero-order valence-electron chi connectivity index (χ0n) is 10.2. The lowest BCUT2D eigenvalue weighted by Gasteiger charge is -2.06. The van der Waals surface area contributed by atoms with E-state index in [0.29, 0.717) is 12.2 Å². The summed E-state index contributed by atoms with van der Waals surface area (Å²) in [7, 11) is 0. The minimum atomic E-state index is -0.821. The summed E-state index contributed by atoms with van der Waals surface area (Å²) in [5.41, 5.74) is 1.21. The lowest BCUT2D eigenvalue weighted by Crippen LogP contribution is -2.05. The molecular weight excluding hydrogens is 247 g/mol. The van der Waals surface area contributed by atoms with E-state index in [4.69, 9.17) is 0 Å². The molecule has 0 amide bonds. The number of hydrogen-bond donors (Lipinski definition) is 1. The summed E-state index contributed by atoms with van der Waals surface area (Å²) in [5.74, 6) is -0.821. The van der Waals surface area contributed by atoms with Crippen molar-refractivity contribution < 1.29 is 9.31 Å². The number of benzene rings is 2. The van der Waals surface area contributed by atoms with E-state index in [-0.39, 0.29) is 0 Å². The van der Waals surface area contributed by atoms with Gasteiger partial charge in [-0.15, -0.1) is 0 Å². The van der Waals surface area contributed by atoms with Crippen LogP contribution in [-0.4, -0.2) is 11.5 Å². The molecule has 0 aliphatic carbocycles. The van der Waals surface area contributed by atoms with Crippen LogP contribution in [0.2, 0.25) is 0 Å². The minimum Gasteiger partial charge on any atom is -0.385 e. The Morgan fingerprint density at radius 1 is 1.16 bits per heavy atom. The fraction of sp³-hybridized carbons (Fsp3) is 0.143. The Kier molecular flexibility index (Phi) is 4.07. The van der Waals surface area contributed by atoms with Crippen molar-refractivity contribution in [2.24, 2.45) is 0 Å². The molecule has 0 saturated carbocycles. The first-order valence-electron chi connectivity index (χ1n) is 5.88. The number of nitro groups is 1. The Hall–Kier alpha value is -2.43. The van der Waals surface area contributed by atoms with E-state index in [0.717, 1.165) is 12.5 Å². The topological polar surface area (TPSA) is 55.2 Å². The van der Waals surface area contributed by atoms with Crippen molar-refractivity contribution in [2.75, 3.05) is 11.9 Å². The molecule has 0 radical (unpaired) electrons. The van der Waals surface area contributed by atoms with E-state index in [1.807, 2.05) is 30.3 Å². The standard InChI is InChI=1S/C14H13FN2O2/c15-13-7-6-12(10-14(13)17(18)19)16-9-8-11-4-2-1-3-5-11/h1-7,10,16H,8-9H2. The predicted molar refractivity (Wildman–Crippen MR) is 71.7 cm³/mol. The minimum absolute atomic E-state index is 0.510. The number of nitrogens with one attached hydrogen (secondary N) is 1. The van der Waals surface area contributed by atoms with Crippen molar-refractivity contribution in [2.45, 2.75) is 6.42 Å². The highest BCUT2D eigenvalue weighted by Crippen LogP contribution is 2.21. The van der Waals surface area contributed by atoms with Gasteiger partial charge in [0.15, 0.2) is 0 Å². The molecule has 0 aliphatic rings. The van der Waals surface area contributed by atoms with Gasteiger partial charge in [0.05, 0.1) is 4.92 Å². The number of nitro benzene ring substituents is 1. The number of nitrogens with zero attached hydrogens (tertiary/aromatic N) is 1. The Balaban J connectivity index is 1.97. The highest BCUT2D eigenvalue weighted by Gasteiger charge is 2.13. The highest BCUT2D eigenvalue weighted by molar-refractivity contribution is 5.51. The molecule has 0 aliphatic heterocycles. The molecule has 2 aromatic rings. The maximum absolute atomic E-state index is 13.1. The zero-order valence-corrected chi connectivity index (χ0v) is 10.2. The molecule has 1 N–H and O–H groups in total. The molecule has 0 atom stereocenters. The van der Waals surface area contributed by atoms with Gasteiger partial charge in [0.25, 0.3) is 0 Å². The van der Waals surface area contributed by atoms with Crippen LogP contribution in [0, 0.1) is 15.9 Å². The summed E-state index contributed by atoms with van der Waals surface area (Å²) in [6.45, 7) is 0.632. The van der Waals surface area contributed by atoms with Crippen LogP contribution < -0.4 is 5.32 Å². The summed E-state index contributed by atoms with van der Waals surface area (Å²) in [6.07, 6.45) is 0.798. The van der Waals surface area contributed by atoms with Crippen molar-refractivity contribution in [3.8, 4) is 0 Å². The molecule has 0 saturated heterocycles. The molecule has 19 heavy (non-hydrogen) atoms. The van der Waals surface area contributed by atoms with Gasteiger partial charge >= 0.3 is 5.69 Å². The average Bonchev–Trinajstić information content (AvgIpc) is 2.41. The van der Waals surface area contributed by atoms with Crippen molar-refractivity contribution in [1.29, 1.82) is 0 Å². The predicted octanol–water partition coefficient (Wildman–Crippen LogP) is 3.39. The molecule has 0 unspecified atom stereocenters. The van der Waals surface area contributed by atoms with E-state index >= 15 is 0 Å². The van der Waals surface area contributed by atoms with Gasteiger partial charge in [0, 0.05) is 18.3 Å². The molecule has 2 aromatic carbocycles. The summed E-state index contributed by atoms with van der Waals surface area (Å²) < 4.78 is 13.1. The van der Waals surface area contributed by atoms with E-state index in [9.17, 15) is 14.5 Å². The smallest absolute Gasteiger partial charge is 0.306 e. The second kappa shape index (κ2) is 5.95. The maximum atomic E-state index is 13.1. The van der Waals surface area contributed by atoms with E-state index in [1.54, 1.807) is 0 Å². The molecule has 0 aromatic heterocycles. The lowest BCUT2D eigenvalue weighted by molar-refractivity contribution is -0.387. The Morgan fingerprint density at radius 2 is 1.89 bits per heavy atom. The molecular formula is C14H13FN2O2. The molecule has 0 fully saturated rings. The first-order chi connectivity index (χ1) is 9.16. The number of rotatable bonds is 5. The summed E-state index contributed by atoms with van der Waals surface area (Å²) in [4.78, 5) is 9.88. The fourth-order valence-corrected chi connectivity index (χ4v) is 1.76. The van der Waals surface area contributed by atoms with Crippen LogP contribution in [0.15, 0.2) is 48.5 Å². The molecule has 0 bridgehead atoms. The Labute approximate surface area is 110 Å². The van der Waals surface area contributed by atoms with Crippen molar-refractivity contribution in [3.63, 3.8) is 0 Å². The monoisotopic (exact) mass is 260 g/mol.